The lowest BCUT2D eigenvalue weighted by atomic mass is 10.0. The van der Waals surface area contributed by atoms with E-state index in [4.69, 9.17) is 9.15 Å². The van der Waals surface area contributed by atoms with Gasteiger partial charge in [0.15, 0.2) is 5.58 Å². The van der Waals surface area contributed by atoms with Gasteiger partial charge in [-0.15, -0.1) is 0 Å². The SMILES string of the molecule is Fc1cccc2[nH]c3c(c12)CN(c1ccc2nc(N4CCOCC4)oc2c1)CC3. The number of halogens is 1. The molecule has 0 atom stereocenters. The lowest BCUT2D eigenvalue weighted by Gasteiger charge is -2.29. The van der Waals surface area contributed by atoms with E-state index < -0.39 is 0 Å². The molecule has 2 aromatic heterocycles. The van der Waals surface area contributed by atoms with E-state index in [2.05, 4.69) is 25.8 Å². The van der Waals surface area contributed by atoms with Crippen LogP contribution in [-0.4, -0.2) is 42.8 Å². The van der Waals surface area contributed by atoms with E-state index in [0.29, 0.717) is 31.2 Å². The van der Waals surface area contributed by atoms with Crippen molar-refractivity contribution in [1.29, 1.82) is 0 Å². The maximum absolute atomic E-state index is 14.4. The number of oxazole rings is 1. The van der Waals surface area contributed by atoms with Crippen molar-refractivity contribution in [3.05, 3.63) is 53.5 Å². The Hall–Kier alpha value is -3.06. The summed E-state index contributed by atoms with van der Waals surface area (Å²) in [5.41, 5.74) is 5.76. The van der Waals surface area contributed by atoms with Gasteiger partial charge in [0, 0.05) is 66.5 Å². The summed E-state index contributed by atoms with van der Waals surface area (Å²) in [5.74, 6) is -0.164. The molecule has 2 aliphatic rings. The highest BCUT2D eigenvalue weighted by atomic mass is 19.1. The first-order valence-corrected chi connectivity index (χ1v) is 10.0. The van der Waals surface area contributed by atoms with E-state index in [0.717, 1.165) is 59.6 Å². The van der Waals surface area contributed by atoms with Crippen molar-refractivity contribution in [3.63, 3.8) is 0 Å². The van der Waals surface area contributed by atoms with Crippen LogP contribution in [0.5, 0.6) is 0 Å². The zero-order chi connectivity index (χ0) is 19.4. The molecule has 4 heterocycles. The predicted molar refractivity (Wildman–Crippen MR) is 110 cm³/mol. The Kier molecular flexibility index (Phi) is 3.77. The van der Waals surface area contributed by atoms with Crippen LogP contribution in [-0.2, 0) is 17.7 Å². The van der Waals surface area contributed by atoms with Gasteiger partial charge in [0.2, 0.25) is 0 Å². The molecule has 1 N–H and O–H groups in total. The molecule has 0 bridgehead atoms. The molecule has 4 aromatic rings. The van der Waals surface area contributed by atoms with Gasteiger partial charge in [-0.1, -0.05) is 6.07 Å². The number of rotatable bonds is 2. The van der Waals surface area contributed by atoms with E-state index in [-0.39, 0.29) is 5.82 Å². The van der Waals surface area contributed by atoms with Crippen LogP contribution < -0.4 is 9.80 Å². The average Bonchev–Trinajstić information content (AvgIpc) is 3.35. The van der Waals surface area contributed by atoms with Crippen LogP contribution in [0.1, 0.15) is 11.3 Å². The number of anilines is 2. The average molecular weight is 392 g/mol. The van der Waals surface area contributed by atoms with E-state index >= 15 is 0 Å². The summed E-state index contributed by atoms with van der Waals surface area (Å²) >= 11 is 0. The first kappa shape index (κ1) is 16.9. The number of hydrogen-bond acceptors (Lipinski definition) is 5. The Morgan fingerprint density at radius 3 is 2.83 bits per heavy atom. The molecule has 0 amide bonds. The molecular weight excluding hydrogens is 371 g/mol. The fourth-order valence-electron chi connectivity index (χ4n) is 4.44. The number of nitrogens with one attached hydrogen (secondary N) is 1. The largest absolute Gasteiger partial charge is 0.423 e. The van der Waals surface area contributed by atoms with Gasteiger partial charge in [-0.05, 0) is 24.3 Å². The molecule has 6 rings (SSSR count). The first-order chi connectivity index (χ1) is 14.3. The topological polar surface area (TPSA) is 57.5 Å². The van der Waals surface area contributed by atoms with Crippen molar-refractivity contribution in [1.82, 2.24) is 9.97 Å². The highest BCUT2D eigenvalue weighted by Crippen LogP contribution is 2.33. The van der Waals surface area contributed by atoms with E-state index in [9.17, 15) is 4.39 Å². The Bertz CT molecular complexity index is 1210. The van der Waals surface area contributed by atoms with Crippen LogP contribution in [0.25, 0.3) is 22.0 Å². The third kappa shape index (κ3) is 2.76. The van der Waals surface area contributed by atoms with Gasteiger partial charge in [0.1, 0.15) is 11.3 Å². The maximum atomic E-state index is 14.4. The molecule has 0 saturated carbocycles. The zero-order valence-electron chi connectivity index (χ0n) is 15.9. The van der Waals surface area contributed by atoms with Gasteiger partial charge in [-0.25, -0.2) is 4.39 Å². The fraction of sp³-hybridized carbons (Fsp3) is 0.318. The van der Waals surface area contributed by atoms with Gasteiger partial charge in [-0.2, -0.15) is 4.98 Å². The van der Waals surface area contributed by atoms with Gasteiger partial charge >= 0.3 is 0 Å². The van der Waals surface area contributed by atoms with E-state index in [1.54, 1.807) is 6.07 Å². The van der Waals surface area contributed by atoms with E-state index in [1.807, 2.05) is 18.2 Å². The lowest BCUT2D eigenvalue weighted by molar-refractivity contribution is 0.120. The monoisotopic (exact) mass is 392 g/mol. The molecule has 0 unspecified atom stereocenters. The van der Waals surface area contributed by atoms with Crippen LogP contribution in [0.15, 0.2) is 40.8 Å². The first-order valence-electron chi connectivity index (χ1n) is 10.0. The number of H-pyrrole nitrogens is 1. The highest BCUT2D eigenvalue weighted by molar-refractivity contribution is 5.86. The van der Waals surface area contributed by atoms with Crippen molar-refractivity contribution in [2.75, 3.05) is 42.6 Å². The van der Waals surface area contributed by atoms with Gasteiger partial charge in [0.05, 0.1) is 13.2 Å². The normalized spacial score (nSPS) is 17.3. The van der Waals surface area contributed by atoms with Gasteiger partial charge < -0.3 is 23.9 Å². The fourth-order valence-corrected chi connectivity index (χ4v) is 4.44. The number of aromatic nitrogens is 2. The second kappa shape index (κ2) is 6.49. The summed E-state index contributed by atoms with van der Waals surface area (Å²) in [5, 5.41) is 0.711. The minimum Gasteiger partial charge on any atom is -0.423 e. The molecule has 1 saturated heterocycles. The Morgan fingerprint density at radius 1 is 1.03 bits per heavy atom. The summed E-state index contributed by atoms with van der Waals surface area (Å²) in [7, 11) is 0. The van der Waals surface area contributed by atoms with Crippen LogP contribution in [0, 0.1) is 5.82 Å². The summed E-state index contributed by atoms with van der Waals surface area (Å²) < 4.78 is 25.9. The Balaban J connectivity index is 1.33. The zero-order valence-corrected chi connectivity index (χ0v) is 15.9. The number of morpholine rings is 1. The van der Waals surface area contributed by atoms with Crippen molar-refractivity contribution >= 4 is 33.7 Å². The van der Waals surface area contributed by atoms with Crippen LogP contribution in [0.3, 0.4) is 0 Å². The van der Waals surface area contributed by atoms with Crippen LogP contribution >= 0.6 is 0 Å². The minimum atomic E-state index is -0.164. The molecule has 0 spiro atoms. The molecule has 148 valence electrons. The summed E-state index contributed by atoms with van der Waals surface area (Å²) in [6.45, 7) is 4.52. The van der Waals surface area contributed by atoms with E-state index in [1.165, 1.54) is 6.07 Å². The third-order valence-electron chi connectivity index (χ3n) is 5.95. The smallest absolute Gasteiger partial charge is 0.298 e. The number of aromatic amines is 1. The summed E-state index contributed by atoms with van der Waals surface area (Å²) in [6.07, 6.45) is 0.858. The Morgan fingerprint density at radius 2 is 1.93 bits per heavy atom. The maximum Gasteiger partial charge on any atom is 0.298 e. The molecular formula is C22H21FN4O2. The Labute approximate surface area is 166 Å². The molecule has 29 heavy (non-hydrogen) atoms. The van der Waals surface area contributed by atoms with Crippen LogP contribution in [0.2, 0.25) is 0 Å². The number of fused-ring (bicyclic) bond motifs is 4. The van der Waals surface area contributed by atoms with Gasteiger partial charge in [0.25, 0.3) is 6.01 Å². The molecule has 1 fully saturated rings. The van der Waals surface area contributed by atoms with Crippen LogP contribution in [0.4, 0.5) is 16.1 Å². The lowest BCUT2D eigenvalue weighted by Crippen LogP contribution is -2.36. The molecule has 0 aliphatic carbocycles. The summed E-state index contributed by atoms with van der Waals surface area (Å²) in [4.78, 5) is 12.4. The quantitative estimate of drug-likeness (QED) is 0.562. The number of hydrogen-bond donors (Lipinski definition) is 1. The number of nitrogens with zero attached hydrogens (tertiary/aromatic N) is 3. The molecule has 2 aliphatic heterocycles. The van der Waals surface area contributed by atoms with Crippen molar-refractivity contribution < 1.29 is 13.5 Å². The molecule has 7 heteroatoms. The van der Waals surface area contributed by atoms with Crippen molar-refractivity contribution in [2.45, 2.75) is 13.0 Å². The molecule has 2 aromatic carbocycles. The highest BCUT2D eigenvalue weighted by Gasteiger charge is 2.24. The summed E-state index contributed by atoms with van der Waals surface area (Å²) in [6, 6.07) is 12.0. The number of ether oxygens (including phenoxy) is 1. The standard InChI is InChI=1S/C22H21FN4O2/c23-16-2-1-3-19-21(16)15-13-27(7-6-17(15)24-19)14-4-5-18-20(12-14)29-22(25-18)26-8-10-28-11-9-26/h1-5,12,24H,6-11,13H2. The van der Waals surface area contributed by atoms with Crippen molar-refractivity contribution in [2.24, 2.45) is 0 Å². The predicted octanol–water partition coefficient (Wildman–Crippen LogP) is 3.85. The number of benzene rings is 2. The minimum absolute atomic E-state index is 0.164. The second-order valence-corrected chi connectivity index (χ2v) is 7.66. The van der Waals surface area contributed by atoms with Gasteiger partial charge in [-0.3, -0.25) is 0 Å². The van der Waals surface area contributed by atoms with Crippen molar-refractivity contribution in [3.8, 4) is 0 Å². The molecule has 6 nitrogen and oxygen atoms in total. The second-order valence-electron chi connectivity index (χ2n) is 7.66. The molecule has 0 radical (unpaired) electrons. The third-order valence-corrected chi connectivity index (χ3v) is 5.95.